The predicted molar refractivity (Wildman–Crippen MR) is 149 cm³/mol. The van der Waals surface area contributed by atoms with Crippen molar-refractivity contribution < 1.29 is 19.4 Å². The molecule has 0 radical (unpaired) electrons. The van der Waals surface area contributed by atoms with Crippen LogP contribution in [0.2, 0.25) is 0 Å². The van der Waals surface area contributed by atoms with Gasteiger partial charge in [-0.25, -0.2) is 0 Å². The Labute approximate surface area is 222 Å². The number of carbonyl (C=O) groups is 2. The van der Waals surface area contributed by atoms with E-state index < -0.39 is 17.7 Å². The molecular formula is C33H29NO4. The van der Waals surface area contributed by atoms with Crippen molar-refractivity contribution in [1.82, 2.24) is 0 Å². The van der Waals surface area contributed by atoms with Crippen LogP contribution < -0.4 is 9.64 Å². The molecule has 1 amide bonds. The molecule has 190 valence electrons. The molecule has 4 aromatic rings. The summed E-state index contributed by atoms with van der Waals surface area (Å²) < 4.78 is 5.99. The maximum atomic E-state index is 13.5. The molecule has 0 aromatic heterocycles. The number of Topliss-reactive ketones (excluding diaryl/α,β-unsaturated/α-hetero) is 1. The van der Waals surface area contributed by atoms with Crippen molar-refractivity contribution in [2.24, 2.45) is 0 Å². The van der Waals surface area contributed by atoms with Gasteiger partial charge in [0.25, 0.3) is 11.7 Å². The van der Waals surface area contributed by atoms with Crippen molar-refractivity contribution in [3.05, 3.63) is 136 Å². The molecule has 5 rings (SSSR count). The number of aliphatic hydroxyl groups is 1. The van der Waals surface area contributed by atoms with E-state index in [-0.39, 0.29) is 11.3 Å². The zero-order valence-electron chi connectivity index (χ0n) is 21.6. The summed E-state index contributed by atoms with van der Waals surface area (Å²) in [6.07, 6.45) is 0. The molecule has 5 heteroatoms. The van der Waals surface area contributed by atoms with Gasteiger partial charge in [0.05, 0.1) is 11.6 Å². The van der Waals surface area contributed by atoms with Gasteiger partial charge in [0, 0.05) is 11.3 Å². The van der Waals surface area contributed by atoms with Crippen molar-refractivity contribution in [2.75, 3.05) is 4.90 Å². The van der Waals surface area contributed by atoms with Gasteiger partial charge in [-0.3, -0.25) is 14.5 Å². The van der Waals surface area contributed by atoms with Crippen LogP contribution in [0, 0.1) is 20.8 Å². The lowest BCUT2D eigenvalue weighted by molar-refractivity contribution is -0.132. The fourth-order valence-corrected chi connectivity index (χ4v) is 4.92. The first kappa shape index (κ1) is 25.0. The van der Waals surface area contributed by atoms with E-state index in [1.165, 1.54) is 4.90 Å². The number of nitrogens with zero attached hydrogens (tertiary/aromatic N) is 1. The summed E-state index contributed by atoms with van der Waals surface area (Å²) >= 11 is 0. The average Bonchev–Trinajstić information content (AvgIpc) is 3.18. The first-order valence-corrected chi connectivity index (χ1v) is 12.6. The van der Waals surface area contributed by atoms with Gasteiger partial charge < -0.3 is 9.84 Å². The molecule has 0 saturated carbocycles. The topological polar surface area (TPSA) is 66.8 Å². The number of hydrogen-bond acceptors (Lipinski definition) is 4. The highest BCUT2D eigenvalue weighted by atomic mass is 16.5. The number of aryl methyl sites for hydroxylation is 3. The molecule has 0 spiro atoms. The molecule has 1 aliphatic heterocycles. The molecule has 0 aliphatic carbocycles. The summed E-state index contributed by atoms with van der Waals surface area (Å²) in [5.74, 6) is -0.893. The Kier molecular flexibility index (Phi) is 6.84. The quantitative estimate of drug-likeness (QED) is 0.178. The number of benzene rings is 4. The van der Waals surface area contributed by atoms with Gasteiger partial charge in [-0.05, 0) is 67.3 Å². The Balaban J connectivity index is 1.57. The first-order chi connectivity index (χ1) is 18.3. The summed E-state index contributed by atoms with van der Waals surface area (Å²) in [4.78, 5) is 28.4. The second-order valence-corrected chi connectivity index (χ2v) is 9.62. The summed E-state index contributed by atoms with van der Waals surface area (Å²) in [6, 6.07) is 29.5. The first-order valence-electron chi connectivity index (χ1n) is 12.6. The molecule has 1 saturated heterocycles. The number of para-hydroxylation sites is 1. The van der Waals surface area contributed by atoms with E-state index in [1.54, 1.807) is 18.2 Å². The van der Waals surface area contributed by atoms with Crippen LogP contribution in [0.15, 0.2) is 103 Å². The minimum absolute atomic E-state index is 0.0706. The minimum Gasteiger partial charge on any atom is -0.507 e. The SMILES string of the molecule is Cc1cccc(C2/C(=C(/O)c3ccc(OCc4ccccc4)c(C)c3)C(=O)C(=O)N2c2ccccc2C)c1. The fraction of sp³-hybridized carbons (Fsp3) is 0.152. The molecule has 1 fully saturated rings. The summed E-state index contributed by atoms with van der Waals surface area (Å²) in [7, 11) is 0. The average molecular weight is 504 g/mol. The number of anilines is 1. The number of aliphatic hydroxyl groups excluding tert-OH is 1. The van der Waals surface area contributed by atoms with Crippen molar-refractivity contribution in [2.45, 2.75) is 33.4 Å². The highest BCUT2D eigenvalue weighted by molar-refractivity contribution is 6.51. The normalized spacial score (nSPS) is 16.6. The number of carbonyl (C=O) groups excluding carboxylic acids is 2. The molecule has 1 heterocycles. The molecule has 5 nitrogen and oxygen atoms in total. The highest BCUT2D eigenvalue weighted by Gasteiger charge is 2.47. The van der Waals surface area contributed by atoms with Gasteiger partial charge >= 0.3 is 0 Å². The van der Waals surface area contributed by atoms with E-state index in [0.29, 0.717) is 23.6 Å². The standard InChI is InChI=1S/C33H29NO4/c1-21-10-9-14-25(18-21)30-29(32(36)33(37)34(30)27-15-8-7-11-22(27)2)31(35)26-16-17-28(23(3)19-26)38-20-24-12-5-4-6-13-24/h4-19,30,35H,20H2,1-3H3/b31-29-. The minimum atomic E-state index is -0.759. The lowest BCUT2D eigenvalue weighted by Crippen LogP contribution is -2.30. The van der Waals surface area contributed by atoms with Gasteiger partial charge in [-0.15, -0.1) is 0 Å². The Morgan fingerprint density at radius 3 is 2.26 bits per heavy atom. The maximum absolute atomic E-state index is 13.5. The number of rotatable bonds is 6. The maximum Gasteiger partial charge on any atom is 0.300 e. The van der Waals surface area contributed by atoms with Crippen LogP contribution in [-0.2, 0) is 16.2 Å². The zero-order valence-corrected chi connectivity index (χ0v) is 21.6. The molecule has 1 N–H and O–H groups in total. The number of ketones is 1. The second kappa shape index (κ2) is 10.4. The third kappa shape index (κ3) is 4.71. The summed E-state index contributed by atoms with van der Waals surface area (Å²) in [6.45, 7) is 6.17. The van der Waals surface area contributed by atoms with E-state index in [2.05, 4.69) is 0 Å². The van der Waals surface area contributed by atoms with Crippen LogP contribution >= 0.6 is 0 Å². The van der Waals surface area contributed by atoms with E-state index in [4.69, 9.17) is 4.74 Å². The monoisotopic (exact) mass is 503 g/mol. The number of amides is 1. The van der Waals surface area contributed by atoms with Crippen LogP contribution in [-0.4, -0.2) is 16.8 Å². The zero-order chi connectivity index (χ0) is 26.8. The molecule has 0 bridgehead atoms. The Morgan fingerprint density at radius 1 is 0.816 bits per heavy atom. The van der Waals surface area contributed by atoms with Crippen molar-refractivity contribution in [1.29, 1.82) is 0 Å². The highest BCUT2D eigenvalue weighted by Crippen LogP contribution is 2.43. The molecule has 1 atom stereocenters. The molecular weight excluding hydrogens is 474 g/mol. The number of hydrogen-bond donors (Lipinski definition) is 1. The van der Waals surface area contributed by atoms with E-state index in [0.717, 1.165) is 27.8 Å². The summed E-state index contributed by atoms with van der Waals surface area (Å²) in [5.41, 5.74) is 5.64. The lowest BCUT2D eigenvalue weighted by Gasteiger charge is -2.27. The van der Waals surface area contributed by atoms with Gasteiger partial charge in [-0.1, -0.05) is 78.4 Å². The van der Waals surface area contributed by atoms with Crippen LogP contribution in [0.5, 0.6) is 5.75 Å². The van der Waals surface area contributed by atoms with Crippen LogP contribution in [0.3, 0.4) is 0 Å². The lowest BCUT2D eigenvalue weighted by atomic mass is 9.93. The Hall–Kier alpha value is -4.64. The van der Waals surface area contributed by atoms with Crippen molar-refractivity contribution in [3.8, 4) is 5.75 Å². The van der Waals surface area contributed by atoms with Gasteiger partial charge in [-0.2, -0.15) is 0 Å². The second-order valence-electron chi connectivity index (χ2n) is 9.62. The fourth-order valence-electron chi connectivity index (χ4n) is 4.92. The van der Waals surface area contributed by atoms with Gasteiger partial charge in [0.2, 0.25) is 0 Å². The van der Waals surface area contributed by atoms with E-state index in [9.17, 15) is 14.7 Å². The Bertz CT molecular complexity index is 1550. The van der Waals surface area contributed by atoms with Gasteiger partial charge in [0.15, 0.2) is 0 Å². The van der Waals surface area contributed by atoms with Crippen molar-refractivity contribution in [3.63, 3.8) is 0 Å². The molecule has 1 aliphatic rings. The van der Waals surface area contributed by atoms with E-state index in [1.807, 2.05) is 99.6 Å². The van der Waals surface area contributed by atoms with Crippen molar-refractivity contribution >= 4 is 23.1 Å². The molecule has 1 unspecified atom stereocenters. The van der Waals surface area contributed by atoms with Crippen LogP contribution in [0.4, 0.5) is 5.69 Å². The smallest absolute Gasteiger partial charge is 0.300 e. The van der Waals surface area contributed by atoms with Crippen LogP contribution in [0.1, 0.15) is 39.4 Å². The predicted octanol–water partition coefficient (Wildman–Crippen LogP) is 6.82. The largest absolute Gasteiger partial charge is 0.507 e. The molecule has 38 heavy (non-hydrogen) atoms. The number of ether oxygens (including phenoxy) is 1. The van der Waals surface area contributed by atoms with E-state index >= 15 is 0 Å². The third-order valence-electron chi connectivity index (χ3n) is 6.86. The molecule has 4 aromatic carbocycles. The summed E-state index contributed by atoms with van der Waals surface area (Å²) in [5, 5.41) is 11.5. The van der Waals surface area contributed by atoms with Crippen LogP contribution in [0.25, 0.3) is 5.76 Å². The Morgan fingerprint density at radius 2 is 1.55 bits per heavy atom. The third-order valence-corrected chi connectivity index (χ3v) is 6.86. The van der Waals surface area contributed by atoms with Gasteiger partial charge in [0.1, 0.15) is 18.1 Å².